The highest BCUT2D eigenvalue weighted by Gasteiger charge is 2.17. The lowest BCUT2D eigenvalue weighted by molar-refractivity contribution is -0.141. The normalized spacial score (nSPS) is 11.8. The maximum Gasteiger partial charge on any atom is 0.322 e. The van der Waals surface area contributed by atoms with Crippen LogP contribution in [0.3, 0.4) is 0 Å². The van der Waals surface area contributed by atoms with E-state index in [1.165, 1.54) is 23.3 Å². The summed E-state index contributed by atoms with van der Waals surface area (Å²) in [6, 6.07) is 6.84. The van der Waals surface area contributed by atoms with Crippen LogP contribution in [0.4, 0.5) is 10.6 Å². The average Bonchev–Trinajstić information content (AvgIpc) is 2.94. The molecule has 122 valence electrons. The number of aromatic nitrogens is 2. The zero-order valence-electron chi connectivity index (χ0n) is 12.5. The molecule has 1 unspecified atom stereocenters. The van der Waals surface area contributed by atoms with Gasteiger partial charge in [0.25, 0.3) is 0 Å². The SMILES string of the molecule is CC(CN(C)C(=O)Nc1ccc(-c2ccc(Br)s2)nn1)C(=O)O. The minimum absolute atomic E-state index is 0.107. The van der Waals surface area contributed by atoms with E-state index in [1.807, 2.05) is 12.1 Å². The first kappa shape index (κ1) is 17.4. The van der Waals surface area contributed by atoms with Crippen LogP contribution in [0.5, 0.6) is 0 Å². The number of thiophene rings is 1. The molecule has 23 heavy (non-hydrogen) atoms. The van der Waals surface area contributed by atoms with Gasteiger partial charge in [-0.05, 0) is 40.2 Å². The number of amides is 2. The maximum absolute atomic E-state index is 12.0. The lowest BCUT2D eigenvalue weighted by Gasteiger charge is -2.19. The van der Waals surface area contributed by atoms with Crippen molar-refractivity contribution in [3.05, 3.63) is 28.1 Å². The Labute approximate surface area is 145 Å². The summed E-state index contributed by atoms with van der Waals surface area (Å²) >= 11 is 4.93. The van der Waals surface area contributed by atoms with Crippen LogP contribution in [0, 0.1) is 5.92 Å². The predicted molar refractivity (Wildman–Crippen MR) is 91.5 cm³/mol. The molecular formula is C14H15BrN4O3S. The van der Waals surface area contributed by atoms with Crippen molar-refractivity contribution in [3.8, 4) is 10.6 Å². The predicted octanol–water partition coefficient (Wildman–Crippen LogP) is 3.15. The highest BCUT2D eigenvalue weighted by molar-refractivity contribution is 9.11. The molecule has 0 radical (unpaired) electrons. The number of halogens is 1. The van der Waals surface area contributed by atoms with E-state index in [-0.39, 0.29) is 6.54 Å². The Morgan fingerprint density at radius 2 is 2.09 bits per heavy atom. The van der Waals surface area contributed by atoms with Crippen molar-refractivity contribution in [2.45, 2.75) is 6.92 Å². The van der Waals surface area contributed by atoms with E-state index in [0.717, 1.165) is 8.66 Å². The molecule has 2 rings (SSSR count). The molecule has 1 atom stereocenters. The standard InChI is InChI=1S/C14H15BrN4O3S/c1-8(13(20)21)7-19(2)14(22)16-12-6-3-9(17-18-12)10-4-5-11(15)23-10/h3-6,8H,7H2,1-2H3,(H,20,21)(H,16,18,22). The summed E-state index contributed by atoms with van der Waals surface area (Å²) in [6.07, 6.45) is 0. The first-order valence-electron chi connectivity index (χ1n) is 6.71. The minimum atomic E-state index is -0.948. The van der Waals surface area contributed by atoms with Gasteiger partial charge in [0.1, 0.15) is 5.69 Å². The Balaban J connectivity index is 1.97. The van der Waals surface area contributed by atoms with Gasteiger partial charge in [0.15, 0.2) is 5.82 Å². The number of urea groups is 1. The number of carboxylic acids is 1. The molecule has 7 nitrogen and oxygen atoms in total. The van der Waals surface area contributed by atoms with Crippen molar-refractivity contribution >= 4 is 45.1 Å². The van der Waals surface area contributed by atoms with Crippen molar-refractivity contribution in [2.75, 3.05) is 18.9 Å². The number of rotatable bonds is 5. The van der Waals surface area contributed by atoms with E-state index >= 15 is 0 Å². The first-order chi connectivity index (χ1) is 10.9. The van der Waals surface area contributed by atoms with E-state index in [0.29, 0.717) is 11.5 Å². The molecule has 2 heterocycles. The molecule has 9 heteroatoms. The monoisotopic (exact) mass is 398 g/mol. The number of carbonyl (C=O) groups excluding carboxylic acids is 1. The summed E-state index contributed by atoms with van der Waals surface area (Å²) in [5, 5.41) is 19.5. The molecule has 0 spiro atoms. The largest absolute Gasteiger partial charge is 0.481 e. The van der Waals surface area contributed by atoms with Crippen molar-refractivity contribution in [3.63, 3.8) is 0 Å². The van der Waals surface area contributed by atoms with E-state index in [9.17, 15) is 9.59 Å². The molecule has 2 aromatic rings. The molecule has 2 amide bonds. The molecule has 0 aliphatic rings. The highest BCUT2D eigenvalue weighted by Crippen LogP contribution is 2.29. The molecule has 0 bridgehead atoms. The van der Waals surface area contributed by atoms with Crippen LogP contribution in [0.2, 0.25) is 0 Å². The fraction of sp³-hybridized carbons (Fsp3) is 0.286. The lowest BCUT2D eigenvalue weighted by atomic mass is 10.2. The number of nitrogens with one attached hydrogen (secondary N) is 1. The van der Waals surface area contributed by atoms with Crippen molar-refractivity contribution in [2.24, 2.45) is 5.92 Å². The van der Waals surface area contributed by atoms with Gasteiger partial charge in [-0.25, -0.2) is 4.79 Å². The van der Waals surface area contributed by atoms with Gasteiger partial charge in [-0.1, -0.05) is 6.92 Å². The Kier molecular flexibility index (Phi) is 5.67. The van der Waals surface area contributed by atoms with Gasteiger partial charge < -0.3 is 10.0 Å². The summed E-state index contributed by atoms with van der Waals surface area (Å²) in [5.41, 5.74) is 0.714. The lowest BCUT2D eigenvalue weighted by Crippen LogP contribution is -2.36. The van der Waals surface area contributed by atoms with Gasteiger partial charge in [-0.3, -0.25) is 10.1 Å². The number of nitrogens with zero attached hydrogens (tertiary/aromatic N) is 3. The van der Waals surface area contributed by atoms with Gasteiger partial charge in [0.05, 0.1) is 14.6 Å². The fourth-order valence-corrected chi connectivity index (χ4v) is 3.11. The van der Waals surface area contributed by atoms with Gasteiger partial charge in [-0.2, -0.15) is 0 Å². The fourth-order valence-electron chi connectivity index (χ4n) is 1.76. The first-order valence-corrected chi connectivity index (χ1v) is 8.32. The molecule has 0 aliphatic heterocycles. The highest BCUT2D eigenvalue weighted by atomic mass is 79.9. The van der Waals surface area contributed by atoms with Gasteiger partial charge in [-0.15, -0.1) is 21.5 Å². The summed E-state index contributed by atoms with van der Waals surface area (Å²) in [7, 11) is 1.53. The summed E-state index contributed by atoms with van der Waals surface area (Å²) in [6.45, 7) is 1.65. The van der Waals surface area contributed by atoms with Crippen LogP contribution in [0.15, 0.2) is 28.1 Å². The second-order valence-electron chi connectivity index (χ2n) is 4.96. The third-order valence-corrected chi connectivity index (χ3v) is 4.69. The van der Waals surface area contributed by atoms with Crippen LogP contribution in [0.1, 0.15) is 6.92 Å². The summed E-state index contributed by atoms with van der Waals surface area (Å²) in [4.78, 5) is 25.0. The van der Waals surface area contributed by atoms with Crippen LogP contribution < -0.4 is 5.32 Å². The number of hydrogen-bond acceptors (Lipinski definition) is 5. The van der Waals surface area contributed by atoms with Crippen molar-refractivity contribution in [1.29, 1.82) is 0 Å². The van der Waals surface area contributed by atoms with Crippen molar-refractivity contribution < 1.29 is 14.7 Å². The second kappa shape index (κ2) is 7.51. The third-order valence-electron chi connectivity index (χ3n) is 3.04. The smallest absolute Gasteiger partial charge is 0.322 e. The van der Waals surface area contributed by atoms with E-state index < -0.39 is 17.9 Å². The van der Waals surface area contributed by atoms with Gasteiger partial charge >= 0.3 is 12.0 Å². The topological polar surface area (TPSA) is 95.4 Å². The van der Waals surface area contributed by atoms with Gasteiger partial charge in [0.2, 0.25) is 0 Å². The number of anilines is 1. The Morgan fingerprint density at radius 3 is 2.61 bits per heavy atom. The molecule has 0 aromatic carbocycles. The summed E-state index contributed by atoms with van der Waals surface area (Å²) < 4.78 is 1.00. The Morgan fingerprint density at radius 1 is 1.35 bits per heavy atom. The Hall–Kier alpha value is -2.00. The number of carbonyl (C=O) groups is 2. The number of carboxylic acid groups (broad SMARTS) is 1. The number of hydrogen-bond donors (Lipinski definition) is 2. The molecule has 0 aliphatic carbocycles. The third kappa shape index (κ3) is 4.73. The van der Waals surface area contributed by atoms with Crippen LogP contribution in [-0.4, -0.2) is 45.8 Å². The molecule has 2 N–H and O–H groups in total. The number of aliphatic carboxylic acids is 1. The quantitative estimate of drug-likeness (QED) is 0.806. The molecular weight excluding hydrogens is 384 g/mol. The van der Waals surface area contributed by atoms with Crippen molar-refractivity contribution in [1.82, 2.24) is 15.1 Å². The van der Waals surface area contributed by atoms with Crippen LogP contribution in [0.25, 0.3) is 10.6 Å². The maximum atomic E-state index is 12.0. The second-order valence-corrected chi connectivity index (χ2v) is 7.42. The van der Waals surface area contributed by atoms with Gasteiger partial charge in [0, 0.05) is 13.6 Å². The molecule has 0 fully saturated rings. The average molecular weight is 399 g/mol. The zero-order valence-corrected chi connectivity index (χ0v) is 14.9. The minimum Gasteiger partial charge on any atom is -0.481 e. The molecule has 0 saturated carbocycles. The van der Waals surface area contributed by atoms with E-state index in [2.05, 4.69) is 31.4 Å². The van der Waals surface area contributed by atoms with Crippen LogP contribution in [-0.2, 0) is 4.79 Å². The van der Waals surface area contributed by atoms with Crippen LogP contribution >= 0.6 is 27.3 Å². The van der Waals surface area contributed by atoms with E-state index in [4.69, 9.17) is 5.11 Å². The summed E-state index contributed by atoms with van der Waals surface area (Å²) in [5.74, 6) is -1.28. The molecule has 0 saturated heterocycles. The zero-order chi connectivity index (χ0) is 17.0. The molecule has 2 aromatic heterocycles. The Bertz CT molecular complexity index is 704. The van der Waals surface area contributed by atoms with E-state index in [1.54, 1.807) is 19.1 Å².